The number of carbonyl (C=O) groups excluding carboxylic acids is 1. The van der Waals surface area contributed by atoms with Crippen molar-refractivity contribution in [1.82, 2.24) is 9.88 Å². The molecule has 1 saturated carbocycles. The van der Waals surface area contributed by atoms with Crippen molar-refractivity contribution in [2.45, 2.75) is 44.1 Å². The first-order valence-corrected chi connectivity index (χ1v) is 12.3. The number of piperazine rings is 1. The van der Waals surface area contributed by atoms with E-state index in [9.17, 15) is 28.1 Å². The second kappa shape index (κ2) is 11.8. The zero-order chi connectivity index (χ0) is 27.3. The molecule has 10 nitrogen and oxygen atoms in total. The van der Waals surface area contributed by atoms with Gasteiger partial charge in [0.25, 0.3) is 5.69 Å². The third-order valence-corrected chi connectivity index (χ3v) is 6.76. The van der Waals surface area contributed by atoms with Crippen molar-refractivity contribution in [3.8, 4) is 11.6 Å². The number of nitro groups is 1. The number of carbonyl (C=O) groups is 1. The van der Waals surface area contributed by atoms with Crippen LogP contribution in [0.1, 0.15) is 31.2 Å². The van der Waals surface area contributed by atoms with Crippen LogP contribution in [0.5, 0.6) is 11.6 Å². The Morgan fingerprint density at radius 1 is 1.08 bits per heavy atom. The van der Waals surface area contributed by atoms with Gasteiger partial charge in [-0.3, -0.25) is 14.9 Å². The number of pyridine rings is 1. The number of nitrogens with zero attached hydrogens (tertiary/aromatic N) is 4. The van der Waals surface area contributed by atoms with Crippen LogP contribution in [-0.2, 0) is 15.7 Å². The van der Waals surface area contributed by atoms with Crippen molar-refractivity contribution in [3.63, 3.8) is 0 Å². The topological polar surface area (TPSA) is 107 Å². The lowest BCUT2D eigenvalue weighted by Crippen LogP contribution is -2.50. The Kier molecular flexibility index (Phi) is 8.55. The summed E-state index contributed by atoms with van der Waals surface area (Å²) in [6.45, 7) is 2.48. The van der Waals surface area contributed by atoms with E-state index < -0.39 is 22.4 Å². The molecule has 2 aromatic rings. The first-order valence-electron chi connectivity index (χ1n) is 12.3. The number of ether oxygens (including phenoxy) is 3. The number of alkyl halides is 3. The fourth-order valence-electron chi connectivity index (χ4n) is 4.66. The number of rotatable bonds is 8. The predicted molar refractivity (Wildman–Crippen MR) is 130 cm³/mol. The number of halogens is 3. The number of aromatic nitrogens is 1. The third-order valence-electron chi connectivity index (χ3n) is 6.76. The van der Waals surface area contributed by atoms with Crippen molar-refractivity contribution in [1.29, 1.82) is 0 Å². The van der Waals surface area contributed by atoms with Gasteiger partial charge >= 0.3 is 6.18 Å². The average molecular weight is 539 g/mol. The molecule has 0 radical (unpaired) electrons. The molecule has 0 unspecified atom stereocenters. The Labute approximate surface area is 217 Å². The number of nitro benzene ring substituents is 1. The molecule has 2 heterocycles. The molecule has 0 N–H and O–H groups in total. The summed E-state index contributed by atoms with van der Waals surface area (Å²) < 4.78 is 56.2. The van der Waals surface area contributed by atoms with E-state index in [1.807, 2.05) is 6.07 Å². The lowest BCUT2D eigenvalue weighted by Gasteiger charge is -2.36. The first kappa shape index (κ1) is 27.4. The molecule has 1 aromatic heterocycles. The molecule has 2 aliphatic rings. The maximum Gasteiger partial charge on any atom is 0.423 e. The molecule has 1 aliphatic heterocycles. The molecule has 38 heavy (non-hydrogen) atoms. The number of anilines is 1. The second-order valence-electron chi connectivity index (χ2n) is 9.19. The van der Waals surface area contributed by atoms with E-state index in [0.29, 0.717) is 63.8 Å². The molecule has 0 atom stereocenters. The Hall–Kier alpha value is -3.61. The highest BCUT2D eigenvalue weighted by Gasteiger charge is 2.39. The van der Waals surface area contributed by atoms with E-state index in [1.54, 1.807) is 24.3 Å². The zero-order valence-electron chi connectivity index (χ0n) is 20.9. The van der Waals surface area contributed by atoms with E-state index in [0.717, 1.165) is 11.8 Å². The molecule has 0 bridgehead atoms. The molecule has 4 rings (SSSR count). The summed E-state index contributed by atoms with van der Waals surface area (Å²) in [7, 11) is 1.56. The monoisotopic (exact) mass is 538 g/mol. The number of hydrogen-bond acceptors (Lipinski definition) is 8. The van der Waals surface area contributed by atoms with Gasteiger partial charge in [-0.15, -0.1) is 0 Å². The molecular formula is C25H29F3N4O6. The Morgan fingerprint density at radius 2 is 1.76 bits per heavy atom. The van der Waals surface area contributed by atoms with Gasteiger partial charge in [0.2, 0.25) is 11.8 Å². The van der Waals surface area contributed by atoms with E-state index in [1.165, 1.54) is 6.07 Å². The van der Waals surface area contributed by atoms with Crippen molar-refractivity contribution in [3.05, 3.63) is 52.2 Å². The summed E-state index contributed by atoms with van der Waals surface area (Å²) >= 11 is 0. The highest BCUT2D eigenvalue weighted by atomic mass is 19.4. The number of benzene rings is 1. The first-order chi connectivity index (χ1) is 18.1. The minimum atomic E-state index is -4.86. The fourth-order valence-corrected chi connectivity index (χ4v) is 4.66. The molecule has 0 spiro atoms. The maximum atomic E-state index is 13.2. The summed E-state index contributed by atoms with van der Waals surface area (Å²) in [4.78, 5) is 30.7. The van der Waals surface area contributed by atoms with Crippen LogP contribution < -0.4 is 14.4 Å². The van der Waals surface area contributed by atoms with Crippen LogP contribution in [0.3, 0.4) is 0 Å². The van der Waals surface area contributed by atoms with Crippen LogP contribution in [0.2, 0.25) is 0 Å². The Balaban J connectivity index is 1.19. The standard InChI is InChI=1S/C25H29F3N4O6/c1-36-23-9-2-17(15-29-23)30-10-12-31(13-11-30)24(33)16-37-18-3-5-19(6-4-18)38-20-7-8-22(32(34)35)21(14-20)25(26,27)28/h2,7-9,14-15,18-19H,3-6,10-13,16H2,1H3/t18-,19-. The van der Waals surface area contributed by atoms with Crippen molar-refractivity contribution >= 4 is 17.3 Å². The van der Waals surface area contributed by atoms with Gasteiger partial charge in [-0.2, -0.15) is 13.2 Å². The summed E-state index contributed by atoms with van der Waals surface area (Å²) in [5.41, 5.74) is -1.38. The summed E-state index contributed by atoms with van der Waals surface area (Å²) in [6.07, 6.45) is -1.35. The maximum absolute atomic E-state index is 13.2. The molecule has 206 valence electrons. The van der Waals surface area contributed by atoms with Crippen LogP contribution in [0, 0.1) is 10.1 Å². The molecule has 1 amide bonds. The van der Waals surface area contributed by atoms with Gasteiger partial charge in [-0.05, 0) is 43.9 Å². The minimum Gasteiger partial charge on any atom is -0.490 e. The summed E-state index contributed by atoms with van der Waals surface area (Å²) in [5.74, 6) is 0.399. The lowest BCUT2D eigenvalue weighted by atomic mass is 9.95. The van der Waals surface area contributed by atoms with E-state index in [4.69, 9.17) is 14.2 Å². The number of amides is 1. The van der Waals surface area contributed by atoms with Crippen LogP contribution in [-0.4, -0.2) is 72.8 Å². The Morgan fingerprint density at radius 3 is 2.34 bits per heavy atom. The van der Waals surface area contributed by atoms with Gasteiger partial charge in [0.15, 0.2) is 0 Å². The molecule has 1 aliphatic carbocycles. The van der Waals surface area contributed by atoms with E-state index in [-0.39, 0.29) is 30.5 Å². The van der Waals surface area contributed by atoms with Crippen LogP contribution in [0.25, 0.3) is 0 Å². The zero-order valence-corrected chi connectivity index (χ0v) is 20.9. The highest BCUT2D eigenvalue weighted by Crippen LogP contribution is 2.39. The summed E-state index contributed by atoms with van der Waals surface area (Å²) in [5, 5.41) is 10.9. The summed E-state index contributed by atoms with van der Waals surface area (Å²) in [6, 6.07) is 6.39. The van der Waals surface area contributed by atoms with Crippen LogP contribution >= 0.6 is 0 Å². The van der Waals surface area contributed by atoms with Gasteiger partial charge < -0.3 is 24.0 Å². The minimum absolute atomic E-state index is 0.0302. The average Bonchev–Trinajstić information content (AvgIpc) is 2.92. The van der Waals surface area contributed by atoms with Crippen molar-refractivity contribution in [2.24, 2.45) is 0 Å². The highest BCUT2D eigenvalue weighted by molar-refractivity contribution is 5.77. The number of hydrogen-bond donors (Lipinski definition) is 0. The smallest absolute Gasteiger partial charge is 0.423 e. The lowest BCUT2D eigenvalue weighted by molar-refractivity contribution is -0.388. The SMILES string of the molecule is COc1ccc(N2CCN(C(=O)CO[C@H]3CC[C@H](Oc4ccc([N+](=O)[O-])c(C(F)(F)F)c4)CC3)CC2)cn1. The largest absolute Gasteiger partial charge is 0.490 e. The normalized spacial score (nSPS) is 20.2. The Bertz CT molecular complexity index is 1120. The van der Waals surface area contributed by atoms with Gasteiger partial charge in [0.05, 0.1) is 36.1 Å². The van der Waals surface area contributed by atoms with Gasteiger partial charge in [-0.25, -0.2) is 4.98 Å². The molecule has 1 aromatic carbocycles. The fraction of sp³-hybridized carbons (Fsp3) is 0.520. The van der Waals surface area contributed by atoms with Gasteiger partial charge in [-0.1, -0.05) is 0 Å². The van der Waals surface area contributed by atoms with Crippen LogP contribution in [0.4, 0.5) is 24.5 Å². The predicted octanol–water partition coefficient (Wildman–Crippen LogP) is 4.07. The van der Waals surface area contributed by atoms with E-state index in [2.05, 4.69) is 9.88 Å². The van der Waals surface area contributed by atoms with Gasteiger partial charge in [0.1, 0.15) is 17.9 Å². The van der Waals surface area contributed by atoms with Crippen molar-refractivity contribution < 1.29 is 37.1 Å². The van der Waals surface area contributed by atoms with Crippen molar-refractivity contribution in [2.75, 3.05) is 44.8 Å². The third kappa shape index (κ3) is 6.82. The second-order valence-corrected chi connectivity index (χ2v) is 9.19. The number of methoxy groups -OCH3 is 1. The van der Waals surface area contributed by atoms with Gasteiger partial charge in [0, 0.05) is 38.3 Å². The molecule has 2 fully saturated rings. The van der Waals surface area contributed by atoms with E-state index >= 15 is 0 Å². The van der Waals surface area contributed by atoms with Crippen LogP contribution in [0.15, 0.2) is 36.5 Å². The quantitative estimate of drug-likeness (QED) is 0.366. The molecule has 13 heteroatoms. The molecule has 1 saturated heterocycles. The molecular weight excluding hydrogens is 509 g/mol.